The predicted molar refractivity (Wildman–Crippen MR) is 139 cm³/mol. The Morgan fingerprint density at radius 1 is 1.12 bits per heavy atom. The molecule has 6 heteroatoms. The van der Waals surface area contributed by atoms with Crippen LogP contribution in [0.4, 0.5) is 5.13 Å². The molecular weight excluding hydrogens is 442 g/mol. The molecule has 1 aliphatic carbocycles. The first-order valence-electron chi connectivity index (χ1n) is 12.1. The van der Waals surface area contributed by atoms with Crippen LogP contribution in [0.15, 0.2) is 41.8 Å². The number of thiazole rings is 1. The lowest BCUT2D eigenvalue weighted by Crippen LogP contribution is -2.36. The van der Waals surface area contributed by atoms with Crippen LogP contribution in [0.1, 0.15) is 46.3 Å². The fraction of sp³-hybridized carbons (Fsp3) is 0.429. The van der Waals surface area contributed by atoms with Gasteiger partial charge in [-0.1, -0.05) is 17.7 Å². The van der Waals surface area contributed by atoms with Crippen molar-refractivity contribution in [2.24, 2.45) is 11.8 Å². The zero-order valence-corrected chi connectivity index (χ0v) is 21.3. The maximum absolute atomic E-state index is 12.3. The molecule has 3 aromatic rings. The molecule has 2 atom stereocenters. The van der Waals surface area contributed by atoms with Gasteiger partial charge in [-0.25, -0.2) is 4.98 Å². The minimum atomic E-state index is 0.0115. The summed E-state index contributed by atoms with van der Waals surface area (Å²) >= 11 is 1.74. The number of hydrogen-bond acceptors (Lipinski definition) is 5. The molecule has 1 amide bonds. The molecule has 2 bridgehead atoms. The van der Waals surface area contributed by atoms with Crippen LogP contribution in [-0.4, -0.2) is 43.0 Å². The fourth-order valence-electron chi connectivity index (χ4n) is 5.27. The van der Waals surface area contributed by atoms with E-state index in [4.69, 9.17) is 9.72 Å². The summed E-state index contributed by atoms with van der Waals surface area (Å²) in [5.41, 5.74) is 6.04. The Morgan fingerprint density at radius 3 is 2.59 bits per heavy atom. The van der Waals surface area contributed by atoms with E-state index in [-0.39, 0.29) is 5.91 Å². The lowest BCUT2D eigenvalue weighted by molar-refractivity contribution is 0.0827. The maximum atomic E-state index is 12.3. The number of nitrogens with zero attached hydrogens (tertiary/aromatic N) is 3. The van der Waals surface area contributed by atoms with Gasteiger partial charge in [0.1, 0.15) is 12.4 Å². The van der Waals surface area contributed by atoms with Gasteiger partial charge in [0.2, 0.25) is 0 Å². The number of carbonyl (C=O) groups is 1. The number of benzene rings is 2. The van der Waals surface area contributed by atoms with E-state index in [1.54, 1.807) is 30.3 Å². The quantitative estimate of drug-likeness (QED) is 0.442. The van der Waals surface area contributed by atoms with E-state index >= 15 is 0 Å². The van der Waals surface area contributed by atoms with Crippen molar-refractivity contribution >= 4 is 22.4 Å². The van der Waals surface area contributed by atoms with Crippen LogP contribution in [-0.2, 0) is 6.61 Å². The van der Waals surface area contributed by atoms with Crippen molar-refractivity contribution in [3.05, 3.63) is 64.0 Å². The number of amides is 1. The Hall–Kier alpha value is -2.86. The highest BCUT2D eigenvalue weighted by atomic mass is 32.1. The normalized spacial score (nSPS) is 19.4. The molecule has 0 spiro atoms. The first-order chi connectivity index (χ1) is 16.4. The van der Waals surface area contributed by atoms with Gasteiger partial charge < -0.3 is 14.5 Å². The van der Waals surface area contributed by atoms with Crippen molar-refractivity contribution in [1.29, 1.82) is 0 Å². The molecule has 2 unspecified atom stereocenters. The Morgan fingerprint density at radius 2 is 1.88 bits per heavy atom. The molecule has 34 heavy (non-hydrogen) atoms. The van der Waals surface area contributed by atoms with Gasteiger partial charge in [0.15, 0.2) is 5.13 Å². The smallest absolute Gasteiger partial charge is 0.253 e. The first kappa shape index (κ1) is 22.9. The standard InChI is InChI=1S/C28H33N3O2S/c1-18-5-10-26(33-16-23-9-8-22(12-19(23)2)27(32)30(3)4)24(11-18)25-17-34-28(29-25)31-14-20-6-7-21(13-20)15-31/h5,8-12,17,20-21H,6-7,13-16H2,1-4H3. The maximum Gasteiger partial charge on any atom is 0.253 e. The second kappa shape index (κ2) is 9.41. The van der Waals surface area contributed by atoms with E-state index in [0.717, 1.165) is 58.2 Å². The van der Waals surface area contributed by atoms with Crippen LogP contribution in [0, 0.1) is 25.7 Å². The molecule has 0 N–H and O–H groups in total. The lowest BCUT2D eigenvalue weighted by Gasteiger charge is -2.31. The summed E-state index contributed by atoms with van der Waals surface area (Å²) in [6.07, 6.45) is 4.15. The number of rotatable bonds is 6. The van der Waals surface area contributed by atoms with E-state index in [1.807, 2.05) is 31.2 Å². The summed E-state index contributed by atoms with van der Waals surface area (Å²) < 4.78 is 6.32. The Kier molecular flexibility index (Phi) is 6.34. The molecule has 1 aliphatic heterocycles. The minimum Gasteiger partial charge on any atom is -0.488 e. The summed E-state index contributed by atoms with van der Waals surface area (Å²) in [4.78, 5) is 21.4. The number of carbonyl (C=O) groups excluding carboxylic acids is 1. The van der Waals surface area contributed by atoms with Crippen LogP contribution >= 0.6 is 11.3 Å². The van der Waals surface area contributed by atoms with Gasteiger partial charge in [0.05, 0.1) is 5.69 Å². The third-order valence-electron chi connectivity index (χ3n) is 7.16. The SMILES string of the molecule is Cc1ccc(OCc2ccc(C(=O)N(C)C)cc2C)c(-c2csc(N3CC4CCC(C4)C3)n2)c1. The van der Waals surface area contributed by atoms with Crippen LogP contribution in [0.25, 0.3) is 11.3 Å². The number of piperidine rings is 1. The monoisotopic (exact) mass is 475 g/mol. The van der Waals surface area contributed by atoms with Crippen molar-refractivity contribution < 1.29 is 9.53 Å². The number of hydrogen-bond donors (Lipinski definition) is 0. The number of aromatic nitrogens is 1. The molecule has 1 saturated heterocycles. The van der Waals surface area contributed by atoms with Gasteiger partial charge in [-0.15, -0.1) is 11.3 Å². The second-order valence-corrected chi connectivity index (χ2v) is 10.9. The molecule has 5 rings (SSSR count). The highest BCUT2D eigenvalue weighted by molar-refractivity contribution is 7.14. The molecule has 178 valence electrons. The van der Waals surface area contributed by atoms with Crippen LogP contribution in [0.2, 0.25) is 0 Å². The summed E-state index contributed by atoms with van der Waals surface area (Å²) in [6, 6.07) is 12.1. The zero-order chi connectivity index (χ0) is 23.8. The molecule has 2 fully saturated rings. The molecule has 2 aliphatic rings. The van der Waals surface area contributed by atoms with Gasteiger partial charge in [-0.2, -0.15) is 0 Å². The molecule has 2 aromatic carbocycles. The lowest BCUT2D eigenvalue weighted by atomic mass is 9.99. The van der Waals surface area contributed by atoms with E-state index in [1.165, 1.54) is 24.8 Å². The highest BCUT2D eigenvalue weighted by Gasteiger charge is 2.34. The Balaban J connectivity index is 1.34. The topological polar surface area (TPSA) is 45.7 Å². The van der Waals surface area contributed by atoms with E-state index in [2.05, 4.69) is 29.3 Å². The Bertz CT molecular complexity index is 1190. The van der Waals surface area contributed by atoms with Gasteiger partial charge in [0, 0.05) is 43.7 Å². The minimum absolute atomic E-state index is 0.0115. The van der Waals surface area contributed by atoms with Crippen molar-refractivity contribution in [3.63, 3.8) is 0 Å². The third kappa shape index (κ3) is 4.69. The number of fused-ring (bicyclic) bond motifs is 2. The largest absolute Gasteiger partial charge is 0.488 e. The molecule has 1 saturated carbocycles. The van der Waals surface area contributed by atoms with Gasteiger partial charge >= 0.3 is 0 Å². The van der Waals surface area contributed by atoms with Crippen molar-refractivity contribution in [2.75, 3.05) is 32.1 Å². The molecule has 5 nitrogen and oxygen atoms in total. The van der Waals surface area contributed by atoms with Crippen molar-refractivity contribution in [3.8, 4) is 17.0 Å². The first-order valence-corrected chi connectivity index (χ1v) is 13.0. The van der Waals surface area contributed by atoms with E-state index in [0.29, 0.717) is 12.2 Å². The number of ether oxygens (including phenoxy) is 1. The highest BCUT2D eigenvalue weighted by Crippen LogP contribution is 2.40. The van der Waals surface area contributed by atoms with Crippen molar-refractivity contribution in [1.82, 2.24) is 9.88 Å². The third-order valence-corrected chi connectivity index (χ3v) is 8.06. The zero-order valence-electron chi connectivity index (χ0n) is 20.5. The predicted octanol–water partition coefficient (Wildman–Crippen LogP) is 5.94. The fourth-order valence-corrected chi connectivity index (χ4v) is 6.12. The molecule has 0 radical (unpaired) electrons. The van der Waals surface area contributed by atoms with Gasteiger partial charge in [0.25, 0.3) is 5.91 Å². The van der Waals surface area contributed by atoms with E-state index in [9.17, 15) is 4.79 Å². The second-order valence-electron chi connectivity index (χ2n) is 10.1. The van der Waals surface area contributed by atoms with Gasteiger partial charge in [-0.05, 0) is 80.3 Å². The average Bonchev–Trinajstić information content (AvgIpc) is 3.44. The summed E-state index contributed by atoms with van der Waals surface area (Å²) in [5.74, 6) is 2.53. The molecule has 2 heterocycles. The number of anilines is 1. The van der Waals surface area contributed by atoms with Gasteiger partial charge in [-0.3, -0.25) is 4.79 Å². The van der Waals surface area contributed by atoms with E-state index < -0.39 is 0 Å². The summed E-state index contributed by atoms with van der Waals surface area (Å²) in [7, 11) is 3.54. The average molecular weight is 476 g/mol. The summed E-state index contributed by atoms with van der Waals surface area (Å²) in [5, 5.41) is 3.30. The molecular formula is C28H33N3O2S. The number of aryl methyl sites for hydroxylation is 2. The van der Waals surface area contributed by atoms with Crippen LogP contribution < -0.4 is 9.64 Å². The van der Waals surface area contributed by atoms with Crippen LogP contribution in [0.3, 0.4) is 0 Å². The Labute approximate surface area is 206 Å². The molecule has 1 aromatic heterocycles. The summed E-state index contributed by atoms with van der Waals surface area (Å²) in [6.45, 7) is 6.87. The van der Waals surface area contributed by atoms with Crippen LogP contribution in [0.5, 0.6) is 5.75 Å². The van der Waals surface area contributed by atoms with Crippen molar-refractivity contribution in [2.45, 2.75) is 39.7 Å².